The molecule has 0 atom stereocenters. The van der Waals surface area contributed by atoms with E-state index < -0.39 is 10.1 Å². The van der Waals surface area contributed by atoms with Gasteiger partial charge in [-0.2, -0.15) is 8.42 Å². The van der Waals surface area contributed by atoms with Crippen molar-refractivity contribution in [1.29, 1.82) is 0 Å². The molecule has 0 aromatic heterocycles. The van der Waals surface area contributed by atoms with E-state index in [2.05, 4.69) is 0 Å². The molecule has 32 heavy (non-hydrogen) atoms. The predicted octanol–water partition coefficient (Wildman–Crippen LogP) is 6.03. The van der Waals surface area contributed by atoms with Gasteiger partial charge in [-0.15, -0.1) is 0 Å². The number of aldehydes is 1. The van der Waals surface area contributed by atoms with Crippen LogP contribution in [0.25, 0.3) is 0 Å². The maximum absolute atomic E-state index is 12.1. The van der Waals surface area contributed by atoms with Crippen molar-refractivity contribution < 1.29 is 22.1 Å². The monoisotopic (exact) mass is 460 g/mol. The normalized spacial score (nSPS) is 11.4. The Morgan fingerprint density at radius 1 is 0.750 bits per heavy atom. The summed E-state index contributed by atoms with van der Waals surface area (Å²) >= 11 is 0. The Hall–Kier alpha value is -2.18. The molecule has 0 aliphatic heterocycles. The van der Waals surface area contributed by atoms with Gasteiger partial charge in [-0.3, -0.25) is 4.18 Å². The summed E-state index contributed by atoms with van der Waals surface area (Å²) in [6, 6.07) is 14.7. The number of unbranched alkanes of at least 4 members (excludes halogenated alkanes) is 7. The van der Waals surface area contributed by atoms with Crippen molar-refractivity contribution in [1.82, 2.24) is 0 Å². The minimum absolute atomic E-state index is 0.221. The highest BCUT2D eigenvalue weighted by Crippen LogP contribution is 2.16. The fourth-order valence-electron chi connectivity index (χ4n) is 3.37. The van der Waals surface area contributed by atoms with Crippen molar-refractivity contribution in [2.75, 3.05) is 13.2 Å². The Morgan fingerprint density at radius 3 is 1.91 bits per heavy atom. The molecular formula is C26H36O5S. The lowest BCUT2D eigenvalue weighted by atomic mass is 10.1. The van der Waals surface area contributed by atoms with Crippen molar-refractivity contribution in [2.24, 2.45) is 0 Å². The molecule has 176 valence electrons. The van der Waals surface area contributed by atoms with Crippen LogP contribution in [-0.2, 0) is 25.5 Å². The first-order chi connectivity index (χ1) is 15.5. The Bertz CT molecular complexity index is 873. The maximum atomic E-state index is 12.1. The summed E-state index contributed by atoms with van der Waals surface area (Å²) < 4.78 is 35.1. The van der Waals surface area contributed by atoms with Gasteiger partial charge in [0.25, 0.3) is 10.1 Å². The first-order valence-corrected chi connectivity index (χ1v) is 13.0. The van der Waals surface area contributed by atoms with E-state index in [0.717, 1.165) is 74.7 Å². The van der Waals surface area contributed by atoms with Gasteiger partial charge in [-0.1, -0.05) is 68.4 Å². The maximum Gasteiger partial charge on any atom is 0.296 e. The molecule has 2 rings (SSSR count). The molecule has 0 aliphatic carbocycles. The summed E-state index contributed by atoms with van der Waals surface area (Å²) in [5.74, 6) is 0.881. The molecule has 2 aromatic rings. The largest absolute Gasteiger partial charge is 0.494 e. The lowest BCUT2D eigenvalue weighted by Crippen LogP contribution is -2.07. The quantitative estimate of drug-likeness (QED) is 0.164. The number of aryl methyl sites for hydroxylation is 2. The van der Waals surface area contributed by atoms with Crippen LogP contribution in [0.5, 0.6) is 5.75 Å². The highest BCUT2D eigenvalue weighted by molar-refractivity contribution is 7.86. The van der Waals surface area contributed by atoms with Crippen LogP contribution in [0.15, 0.2) is 53.4 Å². The van der Waals surface area contributed by atoms with Gasteiger partial charge in [-0.05, 0) is 56.0 Å². The molecule has 5 nitrogen and oxygen atoms in total. The predicted molar refractivity (Wildman–Crippen MR) is 128 cm³/mol. The first-order valence-electron chi connectivity index (χ1n) is 11.6. The van der Waals surface area contributed by atoms with E-state index >= 15 is 0 Å². The Kier molecular flexibility index (Phi) is 12.1. The number of hydrogen-bond acceptors (Lipinski definition) is 5. The third kappa shape index (κ3) is 10.4. The number of benzene rings is 2. The number of carbonyl (C=O) groups excluding carboxylic acids is 1. The topological polar surface area (TPSA) is 69.7 Å². The molecule has 0 saturated heterocycles. The van der Waals surface area contributed by atoms with E-state index in [9.17, 15) is 13.2 Å². The highest BCUT2D eigenvalue weighted by Gasteiger charge is 2.14. The molecular weight excluding hydrogens is 424 g/mol. The lowest BCUT2D eigenvalue weighted by Gasteiger charge is -2.07. The molecule has 0 saturated carbocycles. The van der Waals surface area contributed by atoms with Crippen molar-refractivity contribution >= 4 is 16.4 Å². The molecule has 0 aliphatic rings. The molecule has 0 fully saturated rings. The van der Waals surface area contributed by atoms with Gasteiger partial charge in [0.2, 0.25) is 0 Å². The molecule has 0 bridgehead atoms. The van der Waals surface area contributed by atoms with Crippen LogP contribution in [-0.4, -0.2) is 27.9 Å². The van der Waals surface area contributed by atoms with Crippen LogP contribution in [0.3, 0.4) is 0 Å². The van der Waals surface area contributed by atoms with Crippen LogP contribution < -0.4 is 4.74 Å². The van der Waals surface area contributed by atoms with Crippen molar-refractivity contribution in [2.45, 2.75) is 76.0 Å². The van der Waals surface area contributed by atoms with E-state index in [4.69, 9.17) is 8.92 Å². The SMILES string of the molecule is Cc1ccc(S(=O)(=O)OCCCCCCCCCCOc2ccc(CCC=O)cc2)cc1. The molecule has 0 spiro atoms. The van der Waals surface area contributed by atoms with Gasteiger partial charge in [0.15, 0.2) is 0 Å². The highest BCUT2D eigenvalue weighted by atomic mass is 32.2. The third-order valence-corrected chi connectivity index (χ3v) is 6.66. The smallest absolute Gasteiger partial charge is 0.296 e. The second kappa shape index (κ2) is 14.8. The number of rotatable bonds is 17. The van der Waals surface area contributed by atoms with Crippen LogP contribution in [0.2, 0.25) is 0 Å². The van der Waals surface area contributed by atoms with Crippen molar-refractivity contribution in [3.63, 3.8) is 0 Å². The zero-order valence-electron chi connectivity index (χ0n) is 19.1. The number of carbonyl (C=O) groups is 1. The average molecular weight is 461 g/mol. The van der Waals surface area contributed by atoms with E-state index in [1.54, 1.807) is 24.3 Å². The first kappa shape index (κ1) is 26.1. The lowest BCUT2D eigenvalue weighted by molar-refractivity contribution is -0.107. The van der Waals surface area contributed by atoms with Gasteiger partial charge in [0.1, 0.15) is 12.0 Å². The van der Waals surface area contributed by atoms with E-state index in [1.165, 1.54) is 12.8 Å². The van der Waals surface area contributed by atoms with Gasteiger partial charge in [0, 0.05) is 6.42 Å². The van der Waals surface area contributed by atoms with Crippen LogP contribution in [0.1, 0.15) is 68.9 Å². The number of hydrogen-bond donors (Lipinski definition) is 0. The molecule has 6 heteroatoms. The Balaban J connectivity index is 1.42. The fourth-order valence-corrected chi connectivity index (χ4v) is 4.32. The van der Waals surface area contributed by atoms with Crippen LogP contribution >= 0.6 is 0 Å². The minimum Gasteiger partial charge on any atom is -0.494 e. The summed E-state index contributed by atoms with van der Waals surface area (Å²) in [4.78, 5) is 10.6. The molecule has 0 N–H and O–H groups in total. The van der Waals surface area contributed by atoms with E-state index in [-0.39, 0.29) is 11.5 Å². The van der Waals surface area contributed by atoms with Gasteiger partial charge >= 0.3 is 0 Å². The second-order valence-corrected chi connectivity index (χ2v) is 9.73. The van der Waals surface area contributed by atoms with Gasteiger partial charge in [0.05, 0.1) is 18.1 Å². The van der Waals surface area contributed by atoms with E-state index in [1.807, 2.05) is 31.2 Å². The van der Waals surface area contributed by atoms with Gasteiger partial charge in [-0.25, -0.2) is 0 Å². The Morgan fingerprint density at radius 2 is 1.31 bits per heavy atom. The third-order valence-electron chi connectivity index (χ3n) is 5.33. The van der Waals surface area contributed by atoms with Crippen LogP contribution in [0.4, 0.5) is 0 Å². The molecule has 0 amide bonds. The van der Waals surface area contributed by atoms with Crippen LogP contribution in [0, 0.1) is 6.92 Å². The fraction of sp³-hybridized carbons (Fsp3) is 0.500. The Labute approximate surface area is 193 Å². The summed E-state index contributed by atoms with van der Waals surface area (Å²) in [5.41, 5.74) is 2.18. The summed E-state index contributed by atoms with van der Waals surface area (Å²) in [6.07, 6.45) is 10.8. The van der Waals surface area contributed by atoms with E-state index in [0.29, 0.717) is 6.42 Å². The standard InChI is InChI=1S/C26H36O5S/c1-23-12-18-26(19-13-23)32(28,29)31-22-9-7-5-3-2-4-6-8-21-30-25-16-14-24(15-17-25)11-10-20-27/h12-20H,2-11,21-22H2,1H3. The average Bonchev–Trinajstić information content (AvgIpc) is 2.79. The van der Waals surface area contributed by atoms with Crippen molar-refractivity contribution in [3.8, 4) is 5.75 Å². The molecule has 2 aromatic carbocycles. The minimum atomic E-state index is -3.64. The summed E-state index contributed by atoms with van der Waals surface area (Å²) in [7, 11) is -3.64. The van der Waals surface area contributed by atoms with Gasteiger partial charge < -0.3 is 9.53 Å². The number of ether oxygens (including phenoxy) is 1. The molecule has 0 heterocycles. The molecule has 0 radical (unpaired) electrons. The second-order valence-electron chi connectivity index (χ2n) is 8.12. The summed E-state index contributed by atoms with van der Waals surface area (Å²) in [5, 5.41) is 0. The van der Waals surface area contributed by atoms with Crippen molar-refractivity contribution in [3.05, 3.63) is 59.7 Å². The summed E-state index contributed by atoms with van der Waals surface area (Å²) in [6.45, 7) is 2.89. The zero-order chi connectivity index (χ0) is 23.1. The molecule has 0 unspecified atom stereocenters. The zero-order valence-corrected chi connectivity index (χ0v) is 19.9.